The van der Waals surface area contributed by atoms with Crippen molar-refractivity contribution in [2.45, 2.75) is 33.3 Å². The predicted octanol–water partition coefficient (Wildman–Crippen LogP) is 1.32. The molecule has 0 saturated carbocycles. The third-order valence-corrected chi connectivity index (χ3v) is 3.78. The van der Waals surface area contributed by atoms with Crippen molar-refractivity contribution >= 4 is 34.4 Å². The Balaban J connectivity index is 1.78. The molecule has 1 atom stereocenters. The van der Waals surface area contributed by atoms with Gasteiger partial charge in [-0.25, -0.2) is 9.78 Å². The van der Waals surface area contributed by atoms with Crippen LogP contribution in [0.15, 0.2) is 5.38 Å². The Kier molecular flexibility index (Phi) is 5.19. The molecule has 2 heterocycles. The lowest BCUT2D eigenvalue weighted by Gasteiger charge is -2.15. The van der Waals surface area contributed by atoms with Crippen LogP contribution in [-0.2, 0) is 25.5 Å². The number of carbonyl (C=O) groups excluding carboxylic acids is 3. The Labute approximate surface area is 137 Å². The van der Waals surface area contributed by atoms with Gasteiger partial charge in [0, 0.05) is 10.8 Å². The average Bonchev–Trinajstić information content (AvgIpc) is 3.05. The molecule has 1 unspecified atom stereocenters. The Morgan fingerprint density at radius 2 is 2.17 bits per heavy atom. The molecular weight excluding hydrogens is 322 g/mol. The fourth-order valence-electron chi connectivity index (χ4n) is 1.65. The van der Waals surface area contributed by atoms with Crippen LogP contribution in [0.5, 0.6) is 0 Å². The third-order valence-electron chi connectivity index (χ3n) is 2.97. The molecule has 1 saturated heterocycles. The number of amides is 2. The first-order chi connectivity index (χ1) is 10.7. The van der Waals surface area contributed by atoms with Crippen molar-refractivity contribution in [1.82, 2.24) is 10.3 Å². The molecule has 8 nitrogen and oxygen atoms in total. The van der Waals surface area contributed by atoms with Crippen molar-refractivity contribution in [2.75, 3.05) is 18.5 Å². The quantitative estimate of drug-likeness (QED) is 0.782. The highest BCUT2D eigenvalue weighted by Gasteiger charge is 2.25. The number of thiazole rings is 1. The first kappa shape index (κ1) is 17.2. The van der Waals surface area contributed by atoms with E-state index in [4.69, 9.17) is 4.74 Å². The number of aromatic nitrogens is 1. The summed E-state index contributed by atoms with van der Waals surface area (Å²) in [6.07, 6.45) is -1.09. The maximum absolute atomic E-state index is 11.9. The second-order valence-corrected chi connectivity index (χ2v) is 6.99. The summed E-state index contributed by atoms with van der Waals surface area (Å²) in [7, 11) is 0. The summed E-state index contributed by atoms with van der Waals surface area (Å²) in [6.45, 7) is 5.76. The lowest BCUT2D eigenvalue weighted by molar-refractivity contribution is -0.123. The SMILES string of the molecule is CC(C)(C)C(=O)Nc1nc(CC(=O)NCC2COC(=O)O2)cs1. The van der Waals surface area contributed by atoms with Gasteiger partial charge in [-0.05, 0) is 0 Å². The molecule has 0 aromatic carbocycles. The van der Waals surface area contributed by atoms with E-state index in [9.17, 15) is 14.4 Å². The number of hydrogen-bond donors (Lipinski definition) is 2. The topological polar surface area (TPSA) is 107 Å². The molecule has 9 heteroatoms. The van der Waals surface area contributed by atoms with Gasteiger partial charge in [0.25, 0.3) is 0 Å². The average molecular weight is 341 g/mol. The fourth-order valence-corrected chi connectivity index (χ4v) is 2.36. The molecule has 0 radical (unpaired) electrons. The number of nitrogens with one attached hydrogen (secondary N) is 2. The van der Waals surface area contributed by atoms with Crippen LogP contribution in [0.2, 0.25) is 0 Å². The highest BCUT2D eigenvalue weighted by Crippen LogP contribution is 2.20. The second kappa shape index (κ2) is 6.95. The highest BCUT2D eigenvalue weighted by molar-refractivity contribution is 7.13. The number of rotatable bonds is 5. The zero-order valence-corrected chi connectivity index (χ0v) is 14.0. The van der Waals surface area contributed by atoms with Crippen LogP contribution in [0.3, 0.4) is 0 Å². The van der Waals surface area contributed by atoms with Gasteiger partial charge in [-0.3, -0.25) is 9.59 Å². The minimum absolute atomic E-state index is 0.0867. The third kappa shape index (κ3) is 5.20. The van der Waals surface area contributed by atoms with Crippen LogP contribution in [0.1, 0.15) is 26.5 Å². The number of cyclic esters (lactones) is 2. The fraction of sp³-hybridized carbons (Fsp3) is 0.571. The van der Waals surface area contributed by atoms with Crippen LogP contribution in [0.4, 0.5) is 9.93 Å². The van der Waals surface area contributed by atoms with Crippen molar-refractivity contribution in [3.63, 3.8) is 0 Å². The van der Waals surface area contributed by atoms with Gasteiger partial charge in [-0.2, -0.15) is 0 Å². The first-order valence-electron chi connectivity index (χ1n) is 7.10. The van der Waals surface area contributed by atoms with Gasteiger partial charge in [0.1, 0.15) is 6.61 Å². The molecule has 0 bridgehead atoms. The van der Waals surface area contributed by atoms with E-state index in [-0.39, 0.29) is 31.4 Å². The lowest BCUT2D eigenvalue weighted by atomic mass is 9.96. The summed E-state index contributed by atoms with van der Waals surface area (Å²) in [4.78, 5) is 38.7. The summed E-state index contributed by atoms with van der Waals surface area (Å²) in [5, 5.41) is 7.55. The summed E-state index contributed by atoms with van der Waals surface area (Å²) in [6, 6.07) is 0. The molecule has 0 aliphatic carbocycles. The summed E-state index contributed by atoms with van der Waals surface area (Å²) in [5.41, 5.74) is 0.0562. The van der Waals surface area contributed by atoms with Crippen LogP contribution >= 0.6 is 11.3 Å². The monoisotopic (exact) mass is 341 g/mol. The Bertz CT molecular complexity index is 608. The zero-order chi connectivity index (χ0) is 17.0. The van der Waals surface area contributed by atoms with E-state index >= 15 is 0 Å². The van der Waals surface area contributed by atoms with Gasteiger partial charge < -0.3 is 20.1 Å². The van der Waals surface area contributed by atoms with Crippen LogP contribution in [0.25, 0.3) is 0 Å². The van der Waals surface area contributed by atoms with Crippen molar-refractivity contribution < 1.29 is 23.9 Å². The van der Waals surface area contributed by atoms with Crippen molar-refractivity contribution in [3.8, 4) is 0 Å². The van der Waals surface area contributed by atoms with Crippen molar-refractivity contribution in [2.24, 2.45) is 5.41 Å². The molecule has 2 rings (SSSR count). The zero-order valence-electron chi connectivity index (χ0n) is 13.2. The van der Waals surface area contributed by atoms with Crippen LogP contribution in [-0.4, -0.2) is 42.2 Å². The molecule has 2 amide bonds. The van der Waals surface area contributed by atoms with Gasteiger partial charge in [0.15, 0.2) is 11.2 Å². The summed E-state index contributed by atoms with van der Waals surface area (Å²) < 4.78 is 9.43. The molecule has 126 valence electrons. The van der Waals surface area contributed by atoms with Gasteiger partial charge >= 0.3 is 6.16 Å². The Hall–Kier alpha value is -2.16. The van der Waals surface area contributed by atoms with E-state index in [0.717, 1.165) is 0 Å². The minimum atomic E-state index is -0.719. The van der Waals surface area contributed by atoms with E-state index in [1.165, 1.54) is 11.3 Å². The molecule has 1 aliphatic rings. The number of nitrogens with zero attached hydrogens (tertiary/aromatic N) is 1. The van der Waals surface area contributed by atoms with Crippen molar-refractivity contribution in [1.29, 1.82) is 0 Å². The van der Waals surface area contributed by atoms with Gasteiger partial charge in [-0.1, -0.05) is 20.8 Å². The number of anilines is 1. The maximum atomic E-state index is 11.9. The molecule has 1 fully saturated rings. The summed E-state index contributed by atoms with van der Waals surface area (Å²) >= 11 is 1.27. The predicted molar refractivity (Wildman–Crippen MR) is 83.1 cm³/mol. The lowest BCUT2D eigenvalue weighted by Crippen LogP contribution is -2.34. The second-order valence-electron chi connectivity index (χ2n) is 6.13. The highest BCUT2D eigenvalue weighted by atomic mass is 32.1. The van der Waals surface area contributed by atoms with Gasteiger partial charge in [-0.15, -0.1) is 11.3 Å². The van der Waals surface area contributed by atoms with Crippen LogP contribution < -0.4 is 10.6 Å². The van der Waals surface area contributed by atoms with Gasteiger partial charge in [0.2, 0.25) is 11.8 Å². The molecule has 23 heavy (non-hydrogen) atoms. The van der Waals surface area contributed by atoms with E-state index in [0.29, 0.717) is 10.8 Å². The van der Waals surface area contributed by atoms with Crippen molar-refractivity contribution in [3.05, 3.63) is 11.1 Å². The number of ether oxygens (including phenoxy) is 2. The Morgan fingerprint density at radius 3 is 2.78 bits per heavy atom. The molecule has 2 N–H and O–H groups in total. The molecule has 1 aromatic heterocycles. The maximum Gasteiger partial charge on any atom is 0.508 e. The molecule has 0 spiro atoms. The van der Waals surface area contributed by atoms with E-state index in [2.05, 4.69) is 20.4 Å². The number of hydrogen-bond acceptors (Lipinski definition) is 7. The molecular formula is C14H19N3O5S. The van der Waals surface area contributed by atoms with E-state index in [1.54, 1.807) is 5.38 Å². The van der Waals surface area contributed by atoms with Gasteiger partial charge in [0.05, 0.1) is 18.7 Å². The molecule has 1 aromatic rings. The standard InChI is InChI=1S/C14H19N3O5S/c1-14(2,3)11(19)17-12-16-8(7-23-12)4-10(18)15-5-9-6-21-13(20)22-9/h7,9H,4-6H2,1-3H3,(H,15,18)(H,16,17,19). The molecule has 1 aliphatic heterocycles. The van der Waals surface area contributed by atoms with Crippen LogP contribution in [0, 0.1) is 5.41 Å². The smallest absolute Gasteiger partial charge is 0.430 e. The normalized spacial score (nSPS) is 17.3. The van der Waals surface area contributed by atoms with E-state index in [1.807, 2.05) is 20.8 Å². The minimum Gasteiger partial charge on any atom is -0.430 e. The largest absolute Gasteiger partial charge is 0.508 e. The number of carbonyl (C=O) groups is 3. The summed E-state index contributed by atoms with van der Waals surface area (Å²) in [5.74, 6) is -0.377. The Morgan fingerprint density at radius 1 is 1.43 bits per heavy atom. The van der Waals surface area contributed by atoms with E-state index < -0.39 is 17.7 Å². The first-order valence-corrected chi connectivity index (χ1v) is 7.98.